The van der Waals surface area contributed by atoms with Gasteiger partial charge in [-0.2, -0.15) is 5.10 Å². The average Bonchev–Trinajstić information content (AvgIpc) is 3.22. The summed E-state index contributed by atoms with van der Waals surface area (Å²) in [5, 5.41) is 3.97. The number of ether oxygens (including phenoxy) is 2. The molecule has 0 bridgehead atoms. The quantitative estimate of drug-likeness (QED) is 0.614. The van der Waals surface area contributed by atoms with Gasteiger partial charge in [0.1, 0.15) is 11.5 Å². The highest BCUT2D eigenvalue weighted by molar-refractivity contribution is 5.83. The van der Waals surface area contributed by atoms with Gasteiger partial charge in [0.25, 0.3) is 5.91 Å². The predicted octanol–water partition coefficient (Wildman–Crippen LogP) is 2.82. The SMILES string of the molecule is COc1ccc(OCC(=O)N/N=C/c2ccc(N3CCCC3)cc2)cc1. The molecule has 1 fully saturated rings. The Morgan fingerprint density at radius 1 is 1.08 bits per heavy atom. The first kappa shape index (κ1) is 17.8. The zero-order valence-corrected chi connectivity index (χ0v) is 14.9. The normalized spacial score (nSPS) is 13.8. The van der Waals surface area contributed by atoms with Crippen LogP contribution in [0.4, 0.5) is 5.69 Å². The molecular formula is C20H23N3O3. The molecule has 0 atom stereocenters. The lowest BCUT2D eigenvalue weighted by atomic mass is 10.2. The van der Waals surface area contributed by atoms with Crippen LogP contribution in [0.25, 0.3) is 0 Å². The maximum absolute atomic E-state index is 11.8. The first-order valence-electron chi connectivity index (χ1n) is 8.68. The van der Waals surface area contributed by atoms with Crippen molar-refractivity contribution in [3.63, 3.8) is 0 Å². The molecule has 0 radical (unpaired) electrons. The number of nitrogens with one attached hydrogen (secondary N) is 1. The van der Waals surface area contributed by atoms with E-state index in [-0.39, 0.29) is 12.5 Å². The van der Waals surface area contributed by atoms with Gasteiger partial charge in [-0.3, -0.25) is 4.79 Å². The van der Waals surface area contributed by atoms with Crippen LogP contribution in [0.3, 0.4) is 0 Å². The lowest BCUT2D eigenvalue weighted by Gasteiger charge is -2.17. The minimum atomic E-state index is -0.314. The number of anilines is 1. The van der Waals surface area contributed by atoms with Crippen LogP contribution in [0, 0.1) is 0 Å². The molecule has 1 saturated heterocycles. The number of carbonyl (C=O) groups is 1. The Hall–Kier alpha value is -3.02. The molecule has 136 valence electrons. The second kappa shape index (κ2) is 8.89. The Balaban J connectivity index is 1.43. The van der Waals surface area contributed by atoms with Gasteiger partial charge in [0, 0.05) is 18.8 Å². The van der Waals surface area contributed by atoms with Crippen LogP contribution in [0.2, 0.25) is 0 Å². The molecule has 2 aromatic rings. The first-order valence-corrected chi connectivity index (χ1v) is 8.68. The number of rotatable bonds is 7. The summed E-state index contributed by atoms with van der Waals surface area (Å²) in [6.45, 7) is 2.15. The molecule has 0 aromatic heterocycles. The van der Waals surface area contributed by atoms with Crippen LogP contribution in [0.1, 0.15) is 18.4 Å². The molecular weight excluding hydrogens is 330 g/mol. The summed E-state index contributed by atoms with van der Waals surface area (Å²) < 4.78 is 10.5. The smallest absolute Gasteiger partial charge is 0.277 e. The molecule has 0 aliphatic carbocycles. The second-order valence-electron chi connectivity index (χ2n) is 6.04. The maximum atomic E-state index is 11.8. The van der Waals surface area contributed by atoms with E-state index in [0.717, 1.165) is 24.4 Å². The zero-order chi connectivity index (χ0) is 18.2. The summed E-state index contributed by atoms with van der Waals surface area (Å²) in [6, 6.07) is 15.2. The molecule has 1 aliphatic rings. The number of benzene rings is 2. The van der Waals surface area contributed by atoms with Gasteiger partial charge in [0.05, 0.1) is 13.3 Å². The topological polar surface area (TPSA) is 63.2 Å². The van der Waals surface area contributed by atoms with Gasteiger partial charge in [-0.25, -0.2) is 5.43 Å². The third-order valence-corrected chi connectivity index (χ3v) is 4.20. The fraction of sp³-hybridized carbons (Fsp3) is 0.300. The van der Waals surface area contributed by atoms with E-state index in [0.29, 0.717) is 5.75 Å². The molecule has 0 saturated carbocycles. The molecule has 0 spiro atoms. The second-order valence-corrected chi connectivity index (χ2v) is 6.04. The first-order chi connectivity index (χ1) is 12.7. The molecule has 6 heteroatoms. The summed E-state index contributed by atoms with van der Waals surface area (Å²) in [6.07, 6.45) is 4.14. The van der Waals surface area contributed by atoms with E-state index >= 15 is 0 Å². The third kappa shape index (κ3) is 4.99. The van der Waals surface area contributed by atoms with Crippen molar-refractivity contribution in [2.45, 2.75) is 12.8 Å². The van der Waals surface area contributed by atoms with Crippen molar-refractivity contribution in [3.05, 3.63) is 54.1 Å². The molecule has 0 unspecified atom stereocenters. The lowest BCUT2D eigenvalue weighted by Crippen LogP contribution is -2.24. The summed E-state index contributed by atoms with van der Waals surface area (Å²) in [4.78, 5) is 14.2. The fourth-order valence-corrected chi connectivity index (χ4v) is 2.78. The highest BCUT2D eigenvalue weighted by Crippen LogP contribution is 2.20. The van der Waals surface area contributed by atoms with E-state index in [9.17, 15) is 4.79 Å². The van der Waals surface area contributed by atoms with E-state index in [1.165, 1.54) is 18.5 Å². The van der Waals surface area contributed by atoms with Crippen molar-refractivity contribution in [1.82, 2.24) is 5.43 Å². The van der Waals surface area contributed by atoms with Crippen molar-refractivity contribution in [2.24, 2.45) is 5.10 Å². The van der Waals surface area contributed by atoms with Crippen LogP contribution in [-0.4, -0.2) is 38.9 Å². The zero-order valence-electron chi connectivity index (χ0n) is 14.9. The standard InChI is InChI=1S/C20H23N3O3/c1-25-18-8-10-19(11-9-18)26-15-20(24)22-21-14-16-4-6-17(7-5-16)23-12-2-3-13-23/h4-11,14H,2-3,12-13,15H2,1H3,(H,22,24)/b21-14+. The number of carbonyl (C=O) groups excluding carboxylic acids is 1. The van der Waals surface area contributed by atoms with Gasteiger partial charge in [-0.05, 0) is 54.8 Å². The van der Waals surface area contributed by atoms with Crippen LogP contribution >= 0.6 is 0 Å². The summed E-state index contributed by atoms with van der Waals surface area (Å²) >= 11 is 0. The predicted molar refractivity (Wildman–Crippen MR) is 102 cm³/mol. The number of hydrazone groups is 1. The number of nitrogens with zero attached hydrogens (tertiary/aromatic N) is 2. The van der Waals surface area contributed by atoms with Crippen molar-refractivity contribution >= 4 is 17.8 Å². The summed E-state index contributed by atoms with van der Waals surface area (Å²) in [7, 11) is 1.60. The van der Waals surface area contributed by atoms with E-state index < -0.39 is 0 Å². The van der Waals surface area contributed by atoms with Gasteiger partial charge >= 0.3 is 0 Å². The molecule has 6 nitrogen and oxygen atoms in total. The Labute approximate surface area is 153 Å². The Morgan fingerprint density at radius 3 is 2.38 bits per heavy atom. The van der Waals surface area contributed by atoms with Crippen LogP contribution in [-0.2, 0) is 4.79 Å². The maximum Gasteiger partial charge on any atom is 0.277 e. The van der Waals surface area contributed by atoms with E-state index in [2.05, 4.69) is 27.6 Å². The minimum Gasteiger partial charge on any atom is -0.497 e. The highest BCUT2D eigenvalue weighted by atomic mass is 16.5. The Bertz CT molecular complexity index is 736. The van der Waals surface area contributed by atoms with Crippen LogP contribution in [0.5, 0.6) is 11.5 Å². The average molecular weight is 353 g/mol. The molecule has 2 aromatic carbocycles. The van der Waals surface area contributed by atoms with Gasteiger partial charge < -0.3 is 14.4 Å². The number of amides is 1. The van der Waals surface area contributed by atoms with Gasteiger partial charge in [0.15, 0.2) is 6.61 Å². The number of hydrogen-bond acceptors (Lipinski definition) is 5. The van der Waals surface area contributed by atoms with Crippen molar-refractivity contribution in [2.75, 3.05) is 31.7 Å². The Morgan fingerprint density at radius 2 is 1.73 bits per heavy atom. The van der Waals surface area contributed by atoms with Gasteiger partial charge in [0.2, 0.25) is 0 Å². The highest BCUT2D eigenvalue weighted by Gasteiger charge is 2.11. The lowest BCUT2D eigenvalue weighted by molar-refractivity contribution is -0.123. The van der Waals surface area contributed by atoms with Crippen LogP contribution < -0.4 is 19.8 Å². The molecule has 26 heavy (non-hydrogen) atoms. The monoisotopic (exact) mass is 353 g/mol. The van der Waals surface area contributed by atoms with E-state index in [4.69, 9.17) is 9.47 Å². The van der Waals surface area contributed by atoms with Crippen LogP contribution in [0.15, 0.2) is 53.6 Å². The van der Waals surface area contributed by atoms with Crippen molar-refractivity contribution in [1.29, 1.82) is 0 Å². The van der Waals surface area contributed by atoms with Gasteiger partial charge in [-0.1, -0.05) is 12.1 Å². The summed E-state index contributed by atoms with van der Waals surface area (Å²) in [5.41, 5.74) is 4.63. The number of methoxy groups -OCH3 is 1. The Kier molecular flexibility index (Phi) is 6.09. The van der Waals surface area contributed by atoms with Gasteiger partial charge in [-0.15, -0.1) is 0 Å². The minimum absolute atomic E-state index is 0.0996. The fourth-order valence-electron chi connectivity index (χ4n) is 2.78. The van der Waals surface area contributed by atoms with Crippen molar-refractivity contribution < 1.29 is 14.3 Å². The molecule has 1 heterocycles. The molecule has 1 aliphatic heterocycles. The molecule has 1 N–H and O–H groups in total. The summed E-state index contributed by atoms with van der Waals surface area (Å²) in [5.74, 6) is 1.02. The van der Waals surface area contributed by atoms with E-state index in [1.807, 2.05) is 12.1 Å². The third-order valence-electron chi connectivity index (χ3n) is 4.20. The molecule has 1 amide bonds. The van der Waals surface area contributed by atoms with E-state index in [1.54, 1.807) is 37.6 Å². The largest absolute Gasteiger partial charge is 0.497 e. The molecule has 3 rings (SSSR count). The number of hydrogen-bond donors (Lipinski definition) is 1. The van der Waals surface area contributed by atoms with Crippen molar-refractivity contribution in [3.8, 4) is 11.5 Å².